The molecule has 1 aromatic rings. The molecule has 0 aliphatic heterocycles. The highest BCUT2D eigenvalue weighted by atomic mass is 14.1. The van der Waals surface area contributed by atoms with Gasteiger partial charge in [-0.05, 0) is 31.2 Å². The van der Waals surface area contributed by atoms with Crippen LogP contribution in [-0.2, 0) is 6.42 Å². The van der Waals surface area contributed by atoms with Crippen LogP contribution in [0.2, 0.25) is 0 Å². The van der Waals surface area contributed by atoms with Crippen LogP contribution in [0.25, 0.3) is 0 Å². The summed E-state index contributed by atoms with van der Waals surface area (Å²) in [6.45, 7) is 4.37. The Balaban J connectivity index is 2.09. The smallest absolute Gasteiger partial charge is 0.00607 e. The summed E-state index contributed by atoms with van der Waals surface area (Å²) >= 11 is 0. The third kappa shape index (κ3) is 2.82. The van der Waals surface area contributed by atoms with Gasteiger partial charge in [-0.25, -0.2) is 0 Å². The van der Waals surface area contributed by atoms with Gasteiger partial charge in [-0.15, -0.1) is 0 Å². The van der Waals surface area contributed by atoms with Gasteiger partial charge < -0.3 is 0 Å². The Hall–Kier alpha value is -1.30. The molecule has 1 unspecified atom stereocenters. The molecule has 0 N–H and O–H groups in total. The first kappa shape index (κ1) is 10.2. The minimum absolute atomic E-state index is 0.579. The van der Waals surface area contributed by atoms with E-state index in [-0.39, 0.29) is 0 Å². The zero-order valence-electron chi connectivity index (χ0n) is 9.40. The summed E-state index contributed by atoms with van der Waals surface area (Å²) in [6.07, 6.45) is 9.98. The van der Waals surface area contributed by atoms with Gasteiger partial charge in [-0.3, -0.25) is 0 Å². The molecule has 0 heteroatoms. The van der Waals surface area contributed by atoms with E-state index in [2.05, 4.69) is 62.8 Å². The van der Waals surface area contributed by atoms with Crippen molar-refractivity contribution >= 4 is 0 Å². The zero-order chi connectivity index (χ0) is 10.7. The van der Waals surface area contributed by atoms with Gasteiger partial charge in [0.1, 0.15) is 0 Å². The number of hydrogen-bond donors (Lipinski definition) is 0. The van der Waals surface area contributed by atoms with E-state index in [0.29, 0.717) is 5.92 Å². The largest absolute Gasteiger partial charge is 0.0811 e. The minimum Gasteiger partial charge on any atom is -0.0811 e. The summed E-state index contributed by atoms with van der Waals surface area (Å²) in [5.41, 5.74) is 4.17. The molecule has 2 rings (SSSR count). The van der Waals surface area contributed by atoms with E-state index in [1.807, 2.05) is 0 Å². The number of allylic oxidation sites excluding steroid dienone is 4. The van der Waals surface area contributed by atoms with Crippen LogP contribution in [0.15, 0.2) is 48.1 Å². The molecule has 1 radical (unpaired) electrons. The van der Waals surface area contributed by atoms with Crippen LogP contribution in [0.3, 0.4) is 0 Å². The van der Waals surface area contributed by atoms with Crippen LogP contribution >= 0.6 is 0 Å². The first-order valence-electron chi connectivity index (χ1n) is 5.52. The average Bonchev–Trinajstić information content (AvgIpc) is 2.17. The van der Waals surface area contributed by atoms with Gasteiger partial charge in [0.05, 0.1) is 0 Å². The Morgan fingerprint density at radius 2 is 2.13 bits per heavy atom. The van der Waals surface area contributed by atoms with Gasteiger partial charge in [0.15, 0.2) is 0 Å². The summed E-state index contributed by atoms with van der Waals surface area (Å²) in [6, 6.07) is 8.74. The molecule has 0 amide bonds. The second-order valence-corrected chi connectivity index (χ2v) is 4.32. The predicted octanol–water partition coefficient (Wildman–Crippen LogP) is 3.87. The van der Waals surface area contributed by atoms with Crippen molar-refractivity contribution in [2.75, 3.05) is 0 Å². The van der Waals surface area contributed by atoms with E-state index in [1.165, 1.54) is 16.7 Å². The summed E-state index contributed by atoms with van der Waals surface area (Å²) in [5.74, 6) is 0.579. The molecular weight excluding hydrogens is 180 g/mol. The fourth-order valence-corrected chi connectivity index (χ4v) is 1.98. The summed E-state index contributed by atoms with van der Waals surface area (Å²) in [7, 11) is 0. The third-order valence-electron chi connectivity index (χ3n) is 2.69. The maximum Gasteiger partial charge on any atom is -0.00607 e. The lowest BCUT2D eigenvalue weighted by molar-refractivity contribution is 0.839. The van der Waals surface area contributed by atoms with E-state index in [1.54, 1.807) is 0 Å². The first-order chi connectivity index (χ1) is 7.24. The van der Waals surface area contributed by atoms with Crippen molar-refractivity contribution in [1.82, 2.24) is 0 Å². The Morgan fingerprint density at radius 3 is 2.87 bits per heavy atom. The van der Waals surface area contributed by atoms with Gasteiger partial charge in [0, 0.05) is 0 Å². The Kier molecular flexibility index (Phi) is 3.05. The monoisotopic (exact) mass is 197 g/mol. The molecule has 0 bridgehead atoms. The fourth-order valence-electron chi connectivity index (χ4n) is 1.98. The lowest BCUT2D eigenvalue weighted by Crippen LogP contribution is -2.01. The lowest BCUT2D eigenvalue weighted by Gasteiger charge is -2.14. The minimum atomic E-state index is 0.579. The highest BCUT2D eigenvalue weighted by molar-refractivity contribution is 5.34. The molecule has 0 aromatic heterocycles. The number of hydrogen-bond acceptors (Lipinski definition) is 0. The topological polar surface area (TPSA) is 0 Å². The number of rotatable bonds is 2. The van der Waals surface area contributed by atoms with Crippen LogP contribution in [0.4, 0.5) is 0 Å². The molecule has 0 fully saturated rings. The highest BCUT2D eigenvalue weighted by Crippen LogP contribution is 2.20. The molecule has 1 aromatic carbocycles. The van der Waals surface area contributed by atoms with Gasteiger partial charge >= 0.3 is 0 Å². The Labute approximate surface area is 92.3 Å². The molecule has 77 valence electrons. The molecule has 1 aliphatic rings. The average molecular weight is 197 g/mol. The van der Waals surface area contributed by atoms with E-state index in [0.717, 1.165) is 6.42 Å². The van der Waals surface area contributed by atoms with Crippen molar-refractivity contribution < 1.29 is 0 Å². The van der Waals surface area contributed by atoms with Crippen LogP contribution in [0, 0.1) is 19.3 Å². The highest BCUT2D eigenvalue weighted by Gasteiger charge is 2.07. The van der Waals surface area contributed by atoms with Gasteiger partial charge in [-0.2, -0.15) is 0 Å². The molecule has 15 heavy (non-hydrogen) atoms. The quantitative estimate of drug-likeness (QED) is 0.675. The van der Waals surface area contributed by atoms with E-state index in [9.17, 15) is 0 Å². The van der Waals surface area contributed by atoms with Crippen molar-refractivity contribution in [1.29, 1.82) is 0 Å². The van der Waals surface area contributed by atoms with Gasteiger partial charge in [0.25, 0.3) is 0 Å². The second-order valence-electron chi connectivity index (χ2n) is 4.32. The number of aryl methyl sites for hydroxylation is 1. The molecule has 0 heterocycles. The fraction of sp³-hybridized carbons (Fsp3) is 0.267. The summed E-state index contributed by atoms with van der Waals surface area (Å²) in [4.78, 5) is 0. The Bertz CT molecular complexity index is 396. The number of benzene rings is 1. The molecule has 0 spiro atoms. The summed E-state index contributed by atoms with van der Waals surface area (Å²) in [5, 5.41) is 0. The first-order valence-corrected chi connectivity index (χ1v) is 5.52. The SMILES string of the molecule is Cc1cccc(CC2=CC=CC(C)[CH]2)c1. The zero-order valence-corrected chi connectivity index (χ0v) is 9.40. The summed E-state index contributed by atoms with van der Waals surface area (Å²) < 4.78 is 0. The van der Waals surface area contributed by atoms with Crippen LogP contribution in [0.5, 0.6) is 0 Å². The van der Waals surface area contributed by atoms with Crippen molar-refractivity contribution in [2.24, 2.45) is 5.92 Å². The molecule has 0 saturated heterocycles. The molecular formula is C15H17. The van der Waals surface area contributed by atoms with Gasteiger partial charge in [0.2, 0.25) is 0 Å². The normalized spacial score (nSPS) is 20.1. The molecule has 0 nitrogen and oxygen atoms in total. The van der Waals surface area contributed by atoms with Crippen molar-refractivity contribution in [3.05, 3.63) is 65.6 Å². The van der Waals surface area contributed by atoms with Gasteiger partial charge in [-0.1, -0.05) is 60.6 Å². The van der Waals surface area contributed by atoms with Crippen LogP contribution < -0.4 is 0 Å². The van der Waals surface area contributed by atoms with Crippen LogP contribution in [0.1, 0.15) is 18.1 Å². The van der Waals surface area contributed by atoms with Crippen molar-refractivity contribution in [2.45, 2.75) is 20.3 Å². The standard InChI is InChI=1S/C15H17/c1-12-5-3-7-14(9-12)11-15-8-4-6-13(2)10-15/h3-10,12H,11H2,1-2H3. The van der Waals surface area contributed by atoms with E-state index < -0.39 is 0 Å². The molecule has 1 aliphatic carbocycles. The predicted molar refractivity (Wildman–Crippen MR) is 65.6 cm³/mol. The van der Waals surface area contributed by atoms with Crippen molar-refractivity contribution in [3.8, 4) is 0 Å². The molecule has 1 atom stereocenters. The molecule has 0 saturated carbocycles. The van der Waals surface area contributed by atoms with Crippen molar-refractivity contribution in [3.63, 3.8) is 0 Å². The van der Waals surface area contributed by atoms with E-state index in [4.69, 9.17) is 0 Å². The Morgan fingerprint density at radius 1 is 1.27 bits per heavy atom. The van der Waals surface area contributed by atoms with E-state index >= 15 is 0 Å². The lowest BCUT2D eigenvalue weighted by atomic mass is 9.91. The second kappa shape index (κ2) is 4.48. The maximum absolute atomic E-state index is 2.34. The maximum atomic E-state index is 2.34. The third-order valence-corrected chi connectivity index (χ3v) is 2.69. The van der Waals surface area contributed by atoms with Crippen LogP contribution in [-0.4, -0.2) is 0 Å².